The summed E-state index contributed by atoms with van der Waals surface area (Å²) in [6, 6.07) is 0. The molecule has 0 saturated carbocycles. The molecule has 1 atom stereocenters. The van der Waals surface area contributed by atoms with Crippen molar-refractivity contribution in [1.29, 1.82) is 0 Å². The van der Waals surface area contributed by atoms with Crippen molar-refractivity contribution in [2.45, 2.75) is 148 Å². The van der Waals surface area contributed by atoms with E-state index in [2.05, 4.69) is 11.7 Å². The van der Waals surface area contributed by atoms with Crippen molar-refractivity contribution < 1.29 is 19.4 Å². The molecule has 0 aromatic heterocycles. The van der Waals surface area contributed by atoms with Gasteiger partial charge in [0.2, 0.25) is 0 Å². The Balaban J connectivity index is 3.15. The van der Waals surface area contributed by atoms with Crippen LogP contribution in [0.2, 0.25) is 0 Å². The molecule has 0 aromatic carbocycles. The Hall–Kier alpha value is -0.900. The van der Waals surface area contributed by atoms with Gasteiger partial charge in [-0.25, -0.2) is 4.79 Å². The molecule has 0 aliphatic rings. The van der Waals surface area contributed by atoms with Crippen LogP contribution in [0.5, 0.6) is 0 Å². The Labute approximate surface area is 180 Å². The summed E-state index contributed by atoms with van der Waals surface area (Å²) < 4.78 is 4.52. The van der Waals surface area contributed by atoms with Crippen molar-refractivity contribution in [2.75, 3.05) is 0 Å². The van der Waals surface area contributed by atoms with Gasteiger partial charge in [0, 0.05) is 6.42 Å². The minimum atomic E-state index is -1.23. The molecule has 0 aromatic rings. The number of carbonyl (C=O) groups excluding carboxylic acids is 2. The van der Waals surface area contributed by atoms with E-state index in [0.29, 0.717) is 0 Å². The number of esters is 2. The van der Waals surface area contributed by atoms with Crippen LogP contribution >= 0.6 is 0 Å². The van der Waals surface area contributed by atoms with Gasteiger partial charge in [0.1, 0.15) is 6.10 Å². The largest absolute Gasteiger partial charge is 0.391 e. The van der Waals surface area contributed by atoms with Gasteiger partial charge in [0.05, 0.1) is 0 Å². The van der Waals surface area contributed by atoms with Crippen LogP contribution in [0.25, 0.3) is 0 Å². The Kier molecular flexibility index (Phi) is 21.1. The van der Waals surface area contributed by atoms with Crippen molar-refractivity contribution in [1.82, 2.24) is 0 Å². The number of ether oxygens (including phenoxy) is 1. The maximum Gasteiger partial charge on any atom is 0.342 e. The maximum atomic E-state index is 11.4. The molecule has 0 heterocycles. The Morgan fingerprint density at radius 3 is 1.24 bits per heavy atom. The molecule has 29 heavy (non-hydrogen) atoms. The third-order valence-corrected chi connectivity index (χ3v) is 5.54. The average molecular weight is 413 g/mol. The first-order chi connectivity index (χ1) is 14.1. The fourth-order valence-electron chi connectivity index (χ4n) is 3.60. The molecule has 0 aliphatic carbocycles. The van der Waals surface area contributed by atoms with Crippen molar-refractivity contribution >= 4 is 11.9 Å². The topological polar surface area (TPSA) is 63.6 Å². The molecule has 172 valence electrons. The summed E-state index contributed by atoms with van der Waals surface area (Å²) in [5.41, 5.74) is 0. The van der Waals surface area contributed by atoms with Gasteiger partial charge in [-0.1, -0.05) is 122 Å². The second-order valence-corrected chi connectivity index (χ2v) is 8.58. The molecular weight excluding hydrogens is 364 g/mol. The van der Waals surface area contributed by atoms with Gasteiger partial charge >= 0.3 is 11.9 Å². The lowest BCUT2D eigenvalue weighted by molar-refractivity contribution is -0.165. The quantitative estimate of drug-likeness (QED) is 0.122. The monoisotopic (exact) mass is 412 g/mol. The van der Waals surface area contributed by atoms with Crippen molar-refractivity contribution in [3.8, 4) is 0 Å². The third-order valence-electron chi connectivity index (χ3n) is 5.54. The Morgan fingerprint density at radius 1 is 0.621 bits per heavy atom. The van der Waals surface area contributed by atoms with Crippen LogP contribution in [0.3, 0.4) is 0 Å². The summed E-state index contributed by atoms with van der Waals surface area (Å²) in [6.07, 6.45) is 24.0. The van der Waals surface area contributed by atoms with E-state index in [1.54, 1.807) is 0 Å². The van der Waals surface area contributed by atoms with Crippen LogP contribution in [-0.4, -0.2) is 23.1 Å². The third kappa shape index (κ3) is 21.6. The van der Waals surface area contributed by atoms with E-state index < -0.39 is 18.0 Å². The van der Waals surface area contributed by atoms with Crippen molar-refractivity contribution in [3.63, 3.8) is 0 Å². The average Bonchev–Trinajstić information content (AvgIpc) is 2.69. The van der Waals surface area contributed by atoms with Crippen LogP contribution in [-0.2, 0) is 14.3 Å². The SMILES string of the molecule is CCCCCCCCCCCCCCCCCCCCCC(=O)OC(=O)C(C)O. The lowest BCUT2D eigenvalue weighted by Gasteiger charge is -2.05. The fraction of sp³-hybridized carbons (Fsp3) is 0.920. The molecule has 4 nitrogen and oxygen atoms in total. The van der Waals surface area contributed by atoms with E-state index in [9.17, 15) is 9.59 Å². The number of hydrogen-bond donors (Lipinski definition) is 1. The zero-order valence-electron chi connectivity index (χ0n) is 19.4. The van der Waals surface area contributed by atoms with Gasteiger partial charge in [-0.05, 0) is 13.3 Å². The second kappa shape index (κ2) is 21.8. The van der Waals surface area contributed by atoms with E-state index in [4.69, 9.17) is 5.11 Å². The maximum absolute atomic E-state index is 11.4. The van der Waals surface area contributed by atoms with Crippen LogP contribution in [0.15, 0.2) is 0 Å². The van der Waals surface area contributed by atoms with Gasteiger partial charge in [0.25, 0.3) is 0 Å². The molecule has 0 bridgehead atoms. The molecular formula is C25H48O4. The predicted molar refractivity (Wildman–Crippen MR) is 121 cm³/mol. The van der Waals surface area contributed by atoms with Gasteiger partial charge in [-0.3, -0.25) is 4.79 Å². The minimum Gasteiger partial charge on any atom is -0.391 e. The van der Waals surface area contributed by atoms with Gasteiger partial charge in [-0.15, -0.1) is 0 Å². The highest BCUT2D eigenvalue weighted by Crippen LogP contribution is 2.14. The van der Waals surface area contributed by atoms with Crippen molar-refractivity contribution in [2.24, 2.45) is 0 Å². The summed E-state index contributed by atoms with van der Waals surface area (Å²) in [7, 11) is 0. The standard InChI is InChI=1S/C25H48O4/c1-3-4-5-6-7-8-9-10-11-12-13-14-15-16-17-18-19-20-21-22-24(27)29-25(28)23(2)26/h23,26H,3-22H2,1-2H3. The minimum absolute atomic E-state index is 0.261. The Morgan fingerprint density at radius 2 is 0.931 bits per heavy atom. The number of rotatable bonds is 21. The number of hydrogen-bond acceptors (Lipinski definition) is 4. The molecule has 1 N–H and O–H groups in total. The van der Waals surface area contributed by atoms with E-state index in [1.807, 2.05) is 0 Å². The molecule has 0 amide bonds. The molecule has 0 fully saturated rings. The van der Waals surface area contributed by atoms with E-state index in [1.165, 1.54) is 110 Å². The summed E-state index contributed by atoms with van der Waals surface area (Å²) >= 11 is 0. The van der Waals surface area contributed by atoms with Crippen LogP contribution in [0.1, 0.15) is 142 Å². The van der Waals surface area contributed by atoms with Crippen LogP contribution in [0.4, 0.5) is 0 Å². The van der Waals surface area contributed by atoms with Gasteiger partial charge in [0.15, 0.2) is 0 Å². The van der Waals surface area contributed by atoms with Crippen LogP contribution in [0, 0.1) is 0 Å². The summed E-state index contributed by atoms with van der Waals surface area (Å²) in [5, 5.41) is 8.98. The molecule has 0 saturated heterocycles. The first-order valence-corrected chi connectivity index (χ1v) is 12.5. The zero-order chi connectivity index (χ0) is 21.6. The highest BCUT2D eigenvalue weighted by molar-refractivity contribution is 5.87. The lowest BCUT2D eigenvalue weighted by Crippen LogP contribution is -2.22. The first kappa shape index (κ1) is 28.1. The molecule has 1 unspecified atom stereocenters. The van der Waals surface area contributed by atoms with Gasteiger partial charge < -0.3 is 9.84 Å². The molecule has 0 rings (SSSR count). The molecule has 0 aliphatic heterocycles. The number of aliphatic hydroxyl groups is 1. The molecule has 0 radical (unpaired) electrons. The van der Waals surface area contributed by atoms with Crippen molar-refractivity contribution in [3.05, 3.63) is 0 Å². The smallest absolute Gasteiger partial charge is 0.342 e. The zero-order valence-corrected chi connectivity index (χ0v) is 19.4. The predicted octanol–water partition coefficient (Wildman–Crippen LogP) is 7.26. The normalized spacial score (nSPS) is 12.1. The summed E-state index contributed by atoms with van der Waals surface area (Å²) in [6.45, 7) is 3.57. The van der Waals surface area contributed by atoms with E-state index in [0.717, 1.165) is 19.3 Å². The van der Waals surface area contributed by atoms with Crippen LogP contribution < -0.4 is 0 Å². The fourth-order valence-corrected chi connectivity index (χ4v) is 3.60. The number of unbranched alkanes of at least 4 members (excludes halogenated alkanes) is 18. The highest BCUT2D eigenvalue weighted by atomic mass is 16.6. The number of aliphatic hydroxyl groups excluding tert-OH is 1. The number of carbonyl (C=O) groups is 2. The highest BCUT2D eigenvalue weighted by Gasteiger charge is 2.14. The van der Waals surface area contributed by atoms with Gasteiger partial charge in [-0.2, -0.15) is 0 Å². The van der Waals surface area contributed by atoms with E-state index in [-0.39, 0.29) is 6.42 Å². The summed E-state index contributed by atoms with van der Waals surface area (Å²) in [4.78, 5) is 22.4. The lowest BCUT2D eigenvalue weighted by atomic mass is 10.0. The Bertz CT molecular complexity index is 379. The second-order valence-electron chi connectivity index (χ2n) is 8.58. The molecule has 4 heteroatoms. The summed E-state index contributed by atoms with van der Waals surface area (Å²) in [5.74, 6) is -1.38. The first-order valence-electron chi connectivity index (χ1n) is 12.5. The molecule has 0 spiro atoms. The van der Waals surface area contributed by atoms with E-state index >= 15 is 0 Å².